The minimum absolute atomic E-state index is 0.00985. The molecule has 0 unspecified atom stereocenters. The molecule has 0 aromatic heterocycles. The number of anilines is 1. The first kappa shape index (κ1) is 26.5. The van der Waals surface area contributed by atoms with Gasteiger partial charge in [0.2, 0.25) is 5.91 Å². The van der Waals surface area contributed by atoms with Crippen LogP contribution in [0.15, 0.2) is 70.0 Å². The van der Waals surface area contributed by atoms with Crippen molar-refractivity contribution in [1.29, 1.82) is 0 Å². The Morgan fingerprint density at radius 2 is 1.72 bits per heavy atom. The molecule has 0 spiro atoms. The highest BCUT2D eigenvalue weighted by Gasteiger charge is 2.29. The highest BCUT2D eigenvalue weighted by molar-refractivity contribution is 9.10. The third-order valence-corrected chi connectivity index (χ3v) is 8.44. The molecule has 0 aliphatic carbocycles. The molecule has 7 nitrogen and oxygen atoms in total. The van der Waals surface area contributed by atoms with Crippen LogP contribution in [0.5, 0.6) is 0 Å². The monoisotopic (exact) mass is 609 g/mol. The molecule has 3 aromatic rings. The summed E-state index contributed by atoms with van der Waals surface area (Å²) in [5, 5.41) is 0.521. The van der Waals surface area contributed by atoms with Crippen molar-refractivity contribution in [1.82, 2.24) is 9.80 Å². The number of amides is 2. The molecule has 1 aliphatic rings. The van der Waals surface area contributed by atoms with Crippen LogP contribution in [0, 0.1) is 6.92 Å². The zero-order chi connectivity index (χ0) is 26.0. The number of halogens is 3. The SMILES string of the molecule is Cc1ccc(NS(=O)(=O)c2ccc(Cl)c(C(=O)N3CCN(Cc4ccc(Br)cc4)C(=O)C3)c2)cc1Cl. The van der Waals surface area contributed by atoms with Crippen LogP contribution in [0.3, 0.4) is 0 Å². The third kappa shape index (κ3) is 6.03. The van der Waals surface area contributed by atoms with E-state index in [2.05, 4.69) is 20.7 Å². The number of hydrogen-bond acceptors (Lipinski definition) is 4. The molecule has 1 saturated heterocycles. The number of aryl methyl sites for hydroxylation is 1. The summed E-state index contributed by atoms with van der Waals surface area (Å²) < 4.78 is 29.3. The number of nitrogens with one attached hydrogen (secondary N) is 1. The van der Waals surface area contributed by atoms with Crippen molar-refractivity contribution in [2.75, 3.05) is 24.4 Å². The molecule has 1 aliphatic heterocycles. The predicted molar refractivity (Wildman–Crippen MR) is 144 cm³/mol. The lowest BCUT2D eigenvalue weighted by Gasteiger charge is -2.34. The molecule has 1 N–H and O–H groups in total. The van der Waals surface area contributed by atoms with E-state index in [4.69, 9.17) is 23.2 Å². The van der Waals surface area contributed by atoms with Gasteiger partial charge in [-0.3, -0.25) is 14.3 Å². The third-order valence-electron chi connectivity index (χ3n) is 5.80. The molecular weight excluding hydrogens is 589 g/mol. The second-order valence-corrected chi connectivity index (χ2v) is 11.8. The molecular formula is C25H22BrCl2N3O4S. The smallest absolute Gasteiger partial charge is 0.261 e. The standard InChI is InChI=1S/C25H22BrCl2N3O4S/c1-16-2-7-19(12-23(16)28)29-36(34,35)20-8-9-22(27)21(13-20)25(33)31-11-10-30(24(32)15-31)14-17-3-5-18(26)6-4-17/h2-9,12-13,29H,10-11,14-15H2,1H3. The van der Waals surface area contributed by atoms with Crippen molar-refractivity contribution >= 4 is 66.7 Å². The maximum atomic E-state index is 13.2. The second-order valence-electron chi connectivity index (χ2n) is 8.38. The fraction of sp³-hybridized carbons (Fsp3) is 0.200. The number of benzene rings is 3. The van der Waals surface area contributed by atoms with Crippen molar-refractivity contribution in [3.8, 4) is 0 Å². The van der Waals surface area contributed by atoms with Gasteiger partial charge in [-0.25, -0.2) is 8.42 Å². The number of carbonyl (C=O) groups excluding carboxylic acids is 2. The summed E-state index contributed by atoms with van der Waals surface area (Å²) in [4.78, 5) is 28.9. The number of carbonyl (C=O) groups is 2. The van der Waals surface area contributed by atoms with Crippen LogP contribution < -0.4 is 4.72 Å². The quantitative estimate of drug-likeness (QED) is 0.408. The Bertz CT molecular complexity index is 1430. The lowest BCUT2D eigenvalue weighted by atomic mass is 10.1. The van der Waals surface area contributed by atoms with Crippen LogP contribution >= 0.6 is 39.1 Å². The first-order chi connectivity index (χ1) is 17.0. The number of sulfonamides is 1. The zero-order valence-electron chi connectivity index (χ0n) is 19.2. The van der Waals surface area contributed by atoms with Gasteiger partial charge in [-0.05, 0) is 60.5 Å². The number of rotatable bonds is 6. The van der Waals surface area contributed by atoms with Gasteiger partial charge >= 0.3 is 0 Å². The van der Waals surface area contributed by atoms with E-state index < -0.39 is 15.9 Å². The molecule has 188 valence electrons. The lowest BCUT2D eigenvalue weighted by Crippen LogP contribution is -2.51. The molecule has 11 heteroatoms. The van der Waals surface area contributed by atoms with Crippen LogP contribution in [0.4, 0.5) is 5.69 Å². The highest BCUT2D eigenvalue weighted by atomic mass is 79.9. The van der Waals surface area contributed by atoms with Crippen LogP contribution in [0.1, 0.15) is 21.5 Å². The van der Waals surface area contributed by atoms with E-state index in [1.807, 2.05) is 31.2 Å². The zero-order valence-corrected chi connectivity index (χ0v) is 23.1. The first-order valence-electron chi connectivity index (χ1n) is 10.9. The summed E-state index contributed by atoms with van der Waals surface area (Å²) in [6, 6.07) is 16.4. The minimum atomic E-state index is -4.02. The minimum Gasteiger partial charge on any atom is -0.335 e. The van der Waals surface area contributed by atoms with Crippen molar-refractivity contribution in [3.05, 3.63) is 91.9 Å². The summed E-state index contributed by atoms with van der Waals surface area (Å²) in [5.74, 6) is -0.706. The highest BCUT2D eigenvalue weighted by Crippen LogP contribution is 2.26. The van der Waals surface area contributed by atoms with Crippen molar-refractivity contribution in [2.24, 2.45) is 0 Å². The van der Waals surface area contributed by atoms with Gasteiger partial charge in [-0.1, -0.05) is 57.3 Å². The Morgan fingerprint density at radius 3 is 2.39 bits per heavy atom. The summed E-state index contributed by atoms with van der Waals surface area (Å²) in [5.41, 5.74) is 2.09. The summed E-state index contributed by atoms with van der Waals surface area (Å²) >= 11 is 15.8. The van der Waals surface area contributed by atoms with E-state index in [-0.39, 0.29) is 27.9 Å². The van der Waals surface area contributed by atoms with Gasteiger partial charge in [0.25, 0.3) is 15.9 Å². The van der Waals surface area contributed by atoms with Gasteiger partial charge in [-0.2, -0.15) is 0 Å². The van der Waals surface area contributed by atoms with Crippen molar-refractivity contribution < 1.29 is 18.0 Å². The predicted octanol–water partition coefficient (Wildman–Crippen LogP) is 5.35. The Hall–Kier alpha value is -2.59. The Balaban J connectivity index is 1.48. The fourth-order valence-corrected chi connectivity index (χ4v) is 5.45. The molecule has 1 heterocycles. The number of hydrogen-bond donors (Lipinski definition) is 1. The Kier molecular flexibility index (Phi) is 7.94. The average Bonchev–Trinajstić information content (AvgIpc) is 2.83. The lowest BCUT2D eigenvalue weighted by molar-refractivity contribution is -0.135. The van der Waals surface area contributed by atoms with E-state index in [9.17, 15) is 18.0 Å². The van der Waals surface area contributed by atoms with Crippen molar-refractivity contribution in [3.63, 3.8) is 0 Å². The molecule has 0 bridgehead atoms. The van der Waals surface area contributed by atoms with Gasteiger partial charge in [0.05, 0.1) is 21.2 Å². The molecule has 36 heavy (non-hydrogen) atoms. The van der Waals surface area contributed by atoms with Crippen LogP contribution in [-0.4, -0.2) is 49.7 Å². The van der Waals surface area contributed by atoms with Crippen LogP contribution in [-0.2, 0) is 21.4 Å². The summed E-state index contributed by atoms with van der Waals surface area (Å²) in [6.45, 7) is 2.78. The van der Waals surface area contributed by atoms with Gasteiger partial charge in [0.1, 0.15) is 6.54 Å². The summed E-state index contributed by atoms with van der Waals surface area (Å²) in [6.07, 6.45) is 0. The molecule has 0 atom stereocenters. The molecule has 2 amide bonds. The fourth-order valence-electron chi connectivity index (χ4n) is 3.74. The van der Waals surface area contributed by atoms with E-state index >= 15 is 0 Å². The van der Waals surface area contributed by atoms with Gasteiger partial charge in [0, 0.05) is 29.1 Å². The maximum Gasteiger partial charge on any atom is 0.261 e. The topological polar surface area (TPSA) is 86.8 Å². The Morgan fingerprint density at radius 1 is 1.00 bits per heavy atom. The largest absolute Gasteiger partial charge is 0.335 e. The molecule has 0 saturated carbocycles. The van der Waals surface area contributed by atoms with E-state index in [0.29, 0.717) is 30.3 Å². The second kappa shape index (κ2) is 10.8. The summed E-state index contributed by atoms with van der Waals surface area (Å²) in [7, 11) is -4.02. The van der Waals surface area contributed by atoms with E-state index in [1.54, 1.807) is 17.0 Å². The molecule has 0 radical (unpaired) electrons. The molecule has 4 rings (SSSR count). The first-order valence-corrected chi connectivity index (χ1v) is 14.0. The maximum absolute atomic E-state index is 13.2. The molecule has 1 fully saturated rings. The van der Waals surface area contributed by atoms with Crippen LogP contribution in [0.25, 0.3) is 0 Å². The normalized spacial score (nSPS) is 14.2. The Labute approximate surface area is 228 Å². The van der Waals surface area contributed by atoms with E-state index in [0.717, 1.165) is 15.6 Å². The van der Waals surface area contributed by atoms with Gasteiger partial charge in [0.15, 0.2) is 0 Å². The van der Waals surface area contributed by atoms with E-state index in [1.165, 1.54) is 29.2 Å². The average molecular weight is 611 g/mol. The van der Waals surface area contributed by atoms with Crippen molar-refractivity contribution in [2.45, 2.75) is 18.4 Å². The van der Waals surface area contributed by atoms with Gasteiger partial charge < -0.3 is 9.80 Å². The molecule has 3 aromatic carbocycles. The number of nitrogens with zero attached hydrogens (tertiary/aromatic N) is 2. The van der Waals surface area contributed by atoms with Gasteiger partial charge in [-0.15, -0.1) is 0 Å². The number of piperazine rings is 1. The van der Waals surface area contributed by atoms with Crippen LogP contribution in [0.2, 0.25) is 10.0 Å².